The Morgan fingerprint density at radius 1 is 0.395 bits per heavy atom. The summed E-state index contributed by atoms with van der Waals surface area (Å²) in [4.78, 5) is 0. The van der Waals surface area contributed by atoms with Gasteiger partial charge < -0.3 is 0 Å². The Balaban J connectivity index is 0.00000302. The Kier molecular flexibility index (Phi) is 17.7. The minimum absolute atomic E-state index is 0. The standard InChI is InChI=1S/C36H54P3Si.Fe.N2/c1-25(2)37(26(3)4)31-19-13-16-22-34(31)40(35-23-17-14-20-32(35)38(27(5)6)28(7)8)36-24-18-15-21-33(36)39(29(9)10)30(11)12;;1-2/h13-30H,1-12H3;;/q-1;;. The zero-order chi connectivity index (χ0) is 31.7. The van der Waals surface area contributed by atoms with Gasteiger partial charge in [-0.25, -0.2) is 8.80 Å². The Hall–Kier alpha value is -0.894. The molecule has 43 heavy (non-hydrogen) atoms. The predicted molar refractivity (Wildman–Crippen MR) is 198 cm³/mol. The zero-order valence-corrected chi connectivity index (χ0v) is 33.3. The van der Waals surface area contributed by atoms with Gasteiger partial charge in [0.25, 0.3) is 0 Å². The molecule has 0 aliphatic rings. The van der Waals surface area contributed by atoms with Gasteiger partial charge in [-0.1, -0.05) is 196 Å². The average Bonchev–Trinajstić information content (AvgIpc) is 2.91. The van der Waals surface area contributed by atoms with Gasteiger partial charge in [-0.15, -0.1) is 0 Å². The molecule has 0 fully saturated rings. The van der Waals surface area contributed by atoms with Crippen LogP contribution in [0.3, 0.4) is 0 Å². The fourth-order valence-electron chi connectivity index (χ4n) is 6.62. The summed E-state index contributed by atoms with van der Waals surface area (Å²) in [5.74, 6) is 0. The molecule has 0 atom stereocenters. The van der Waals surface area contributed by atoms with Crippen molar-refractivity contribution in [3.63, 3.8) is 0 Å². The quantitative estimate of drug-likeness (QED) is 0.0837. The van der Waals surface area contributed by atoms with E-state index in [0.717, 1.165) is 0 Å². The monoisotopic (exact) mass is 691 g/mol. The van der Waals surface area contributed by atoms with Gasteiger partial charge in [-0.2, -0.15) is 15.6 Å². The molecule has 3 aromatic rings. The van der Waals surface area contributed by atoms with Crippen LogP contribution in [0, 0.1) is 10.8 Å². The fraction of sp³-hybridized carbons (Fsp3) is 0.500. The van der Waals surface area contributed by atoms with Gasteiger partial charge in [0, 0.05) is 27.9 Å². The number of nitrogens with zero attached hydrogens (tertiary/aromatic N) is 2. The van der Waals surface area contributed by atoms with Crippen LogP contribution < -0.4 is 31.5 Å². The minimum Gasteiger partial charge on any atom is -0.217 e. The van der Waals surface area contributed by atoms with Crippen LogP contribution in [0.25, 0.3) is 0 Å². The van der Waals surface area contributed by atoms with E-state index in [1.54, 1.807) is 31.5 Å². The first-order valence-corrected chi connectivity index (χ1v) is 21.5. The van der Waals surface area contributed by atoms with Gasteiger partial charge in [0.1, 0.15) is 0 Å². The van der Waals surface area contributed by atoms with E-state index >= 15 is 0 Å². The summed E-state index contributed by atoms with van der Waals surface area (Å²) in [6, 6.07) is 29.0. The van der Waals surface area contributed by atoms with E-state index in [-0.39, 0.29) is 40.8 Å². The van der Waals surface area contributed by atoms with Gasteiger partial charge in [0.2, 0.25) is 0 Å². The molecule has 0 amide bonds. The van der Waals surface area contributed by atoms with Crippen LogP contribution in [0.2, 0.25) is 0 Å². The van der Waals surface area contributed by atoms with Crippen molar-refractivity contribution < 1.29 is 17.1 Å². The molecule has 3 aromatic carbocycles. The van der Waals surface area contributed by atoms with Crippen LogP contribution in [0.1, 0.15) is 83.1 Å². The van der Waals surface area contributed by atoms with Crippen molar-refractivity contribution in [2.45, 2.75) is 117 Å². The summed E-state index contributed by atoms with van der Waals surface area (Å²) in [5, 5.41) is 21.9. The summed E-state index contributed by atoms with van der Waals surface area (Å²) in [5.41, 5.74) is 3.98. The van der Waals surface area contributed by atoms with E-state index in [9.17, 15) is 0 Å². The molecule has 0 aliphatic heterocycles. The van der Waals surface area contributed by atoms with E-state index in [1.807, 2.05) is 0 Å². The van der Waals surface area contributed by atoms with E-state index < -0.39 is 8.80 Å². The zero-order valence-electron chi connectivity index (χ0n) is 28.5. The summed E-state index contributed by atoms with van der Waals surface area (Å²) in [6.07, 6.45) is 0. The number of hydrogen-bond acceptors (Lipinski definition) is 2. The molecule has 0 heterocycles. The molecule has 0 aliphatic carbocycles. The van der Waals surface area contributed by atoms with Gasteiger partial charge in [0.05, 0.1) is 0 Å². The number of benzene rings is 3. The Morgan fingerprint density at radius 3 is 0.767 bits per heavy atom. The molecular weight excluding hydrogens is 637 g/mol. The summed E-state index contributed by atoms with van der Waals surface area (Å²) in [6.45, 7) is 29.4. The normalized spacial score (nSPS) is 11.7. The first kappa shape index (κ1) is 40.1. The summed E-state index contributed by atoms with van der Waals surface area (Å²) < 4.78 is 0. The third kappa shape index (κ3) is 9.80. The van der Waals surface area contributed by atoms with Gasteiger partial charge in [-0.05, 0) is 34.0 Å². The molecule has 0 unspecified atom stereocenters. The van der Waals surface area contributed by atoms with E-state index in [1.165, 1.54) is 0 Å². The first-order chi connectivity index (χ1) is 19.9. The number of hydrogen-bond donors (Lipinski definition) is 0. The van der Waals surface area contributed by atoms with Crippen LogP contribution in [-0.2, 0) is 17.1 Å². The molecule has 0 N–H and O–H groups in total. The van der Waals surface area contributed by atoms with Crippen LogP contribution in [0.15, 0.2) is 72.8 Å². The molecule has 236 valence electrons. The van der Waals surface area contributed by atoms with Crippen LogP contribution in [0.5, 0.6) is 0 Å². The molecule has 0 radical (unpaired) electrons. The van der Waals surface area contributed by atoms with Crippen molar-refractivity contribution in [1.29, 1.82) is 10.8 Å². The molecule has 0 bridgehead atoms. The van der Waals surface area contributed by atoms with Crippen molar-refractivity contribution in [3.8, 4) is 0 Å². The smallest absolute Gasteiger partial charge is 0 e. The van der Waals surface area contributed by atoms with Crippen LogP contribution >= 0.6 is 23.8 Å². The summed E-state index contributed by atoms with van der Waals surface area (Å²) >= 11 is 0. The molecule has 7 heteroatoms. The molecule has 0 saturated heterocycles. The molecular formula is C36H54FeN2P3Si-. The molecule has 2 nitrogen and oxygen atoms in total. The molecule has 0 aromatic heterocycles. The predicted octanol–water partition coefficient (Wildman–Crippen LogP) is 8.00. The number of rotatable bonds is 12. The fourth-order valence-corrected chi connectivity index (χ4v) is 20.2. The maximum Gasteiger partial charge on any atom is 0 e. The van der Waals surface area contributed by atoms with Crippen molar-refractivity contribution in [1.82, 2.24) is 0 Å². The molecule has 0 spiro atoms. The maximum absolute atomic E-state index is 6.00. The Bertz CT molecular complexity index is 1100. The van der Waals surface area contributed by atoms with E-state index in [0.29, 0.717) is 34.0 Å². The van der Waals surface area contributed by atoms with Crippen LogP contribution in [-0.4, -0.2) is 42.8 Å². The van der Waals surface area contributed by atoms with E-state index in [4.69, 9.17) is 10.8 Å². The topological polar surface area (TPSA) is 47.6 Å². The van der Waals surface area contributed by atoms with Gasteiger partial charge in [0.15, 0.2) is 0 Å². The largest absolute Gasteiger partial charge is 0.217 e. The van der Waals surface area contributed by atoms with Crippen LogP contribution in [0.4, 0.5) is 0 Å². The van der Waals surface area contributed by atoms with E-state index in [2.05, 4.69) is 156 Å². The molecule has 0 saturated carbocycles. The summed E-state index contributed by atoms with van der Waals surface area (Å²) in [7, 11) is -2.06. The molecule has 3 rings (SSSR count). The van der Waals surface area contributed by atoms with Crippen molar-refractivity contribution >= 4 is 64.0 Å². The van der Waals surface area contributed by atoms with Crippen molar-refractivity contribution in [2.24, 2.45) is 0 Å². The maximum atomic E-state index is 6.00. The first-order valence-electron chi connectivity index (χ1n) is 15.6. The van der Waals surface area contributed by atoms with Crippen molar-refractivity contribution in [2.75, 3.05) is 0 Å². The third-order valence-corrected chi connectivity index (χ3v) is 20.8. The van der Waals surface area contributed by atoms with Crippen molar-refractivity contribution in [3.05, 3.63) is 72.8 Å². The van der Waals surface area contributed by atoms with Gasteiger partial charge >= 0.3 is 0 Å². The Labute approximate surface area is 280 Å². The second-order valence-corrected chi connectivity index (χ2v) is 25.2. The SMILES string of the molecule is CC(C)P(c1ccccc1[Si-](c1ccccc1P(C(C)C)C(C)C)c1ccccc1P(C(C)C)C(C)C)C(C)C.N#N.[Fe]. The average molecular weight is 692 g/mol. The second kappa shape index (κ2) is 18.9. The minimum atomic E-state index is -1.25. The Morgan fingerprint density at radius 2 is 0.581 bits per heavy atom. The second-order valence-electron chi connectivity index (χ2n) is 12.7. The third-order valence-electron chi connectivity index (χ3n) is 7.69. The van der Waals surface area contributed by atoms with Gasteiger partial charge in [-0.3, -0.25) is 0 Å².